The number of nitrogens with zero attached hydrogens (tertiary/aromatic N) is 4. The Labute approximate surface area is 120 Å². The van der Waals surface area contributed by atoms with Gasteiger partial charge in [0, 0.05) is 23.7 Å². The summed E-state index contributed by atoms with van der Waals surface area (Å²) < 4.78 is 2.01. The van der Waals surface area contributed by atoms with E-state index in [4.69, 9.17) is 11.6 Å². The molecular weight excluding hydrogens is 280 g/mol. The Morgan fingerprint density at radius 1 is 1.37 bits per heavy atom. The second-order valence-corrected chi connectivity index (χ2v) is 5.93. The Morgan fingerprint density at radius 2 is 2.21 bits per heavy atom. The standard InChI is InChI=1S/C13H13ClN4S/c1-3-4-10-15-5-6-18(10)11-9-7-8(2)19-12(9)17-13(14)16-11/h5-7H,3-4H2,1-2H3. The summed E-state index contributed by atoms with van der Waals surface area (Å²) in [6, 6.07) is 2.10. The third-order valence-corrected chi connectivity index (χ3v) is 4.00. The molecule has 0 amide bonds. The first kappa shape index (κ1) is 12.6. The topological polar surface area (TPSA) is 43.6 Å². The van der Waals surface area contributed by atoms with Crippen molar-refractivity contribution in [3.8, 4) is 5.82 Å². The predicted molar refractivity (Wildman–Crippen MR) is 78.3 cm³/mol. The van der Waals surface area contributed by atoms with Gasteiger partial charge in [-0.2, -0.15) is 4.98 Å². The lowest BCUT2D eigenvalue weighted by molar-refractivity contribution is 0.800. The second-order valence-electron chi connectivity index (χ2n) is 4.36. The van der Waals surface area contributed by atoms with Crippen LogP contribution in [0.2, 0.25) is 5.28 Å². The average molecular weight is 293 g/mol. The Bertz CT molecular complexity index is 731. The summed E-state index contributed by atoms with van der Waals surface area (Å²) in [7, 11) is 0. The molecule has 0 bridgehead atoms. The number of aromatic nitrogens is 4. The summed E-state index contributed by atoms with van der Waals surface area (Å²) in [4.78, 5) is 15.2. The van der Waals surface area contributed by atoms with E-state index < -0.39 is 0 Å². The van der Waals surface area contributed by atoms with E-state index in [0.29, 0.717) is 0 Å². The van der Waals surface area contributed by atoms with Crippen molar-refractivity contribution in [1.82, 2.24) is 19.5 Å². The Hall–Kier alpha value is -1.46. The van der Waals surface area contributed by atoms with Crippen LogP contribution in [0.15, 0.2) is 18.5 Å². The molecule has 4 nitrogen and oxygen atoms in total. The molecule has 0 N–H and O–H groups in total. The molecule has 3 rings (SSSR count). The number of rotatable bonds is 3. The first-order chi connectivity index (χ1) is 9.19. The molecule has 0 fully saturated rings. The summed E-state index contributed by atoms with van der Waals surface area (Å²) in [5.41, 5.74) is 0. The molecule has 3 heterocycles. The van der Waals surface area contributed by atoms with Crippen LogP contribution < -0.4 is 0 Å². The lowest BCUT2D eigenvalue weighted by atomic mass is 10.3. The van der Waals surface area contributed by atoms with Crippen LogP contribution in [-0.4, -0.2) is 19.5 Å². The van der Waals surface area contributed by atoms with Crippen LogP contribution in [0, 0.1) is 6.92 Å². The fourth-order valence-corrected chi connectivity index (χ4v) is 3.21. The highest BCUT2D eigenvalue weighted by Gasteiger charge is 2.13. The Kier molecular flexibility index (Phi) is 3.24. The van der Waals surface area contributed by atoms with Crippen molar-refractivity contribution in [3.05, 3.63) is 34.4 Å². The van der Waals surface area contributed by atoms with Crippen LogP contribution in [0.3, 0.4) is 0 Å². The number of thiophene rings is 1. The summed E-state index contributed by atoms with van der Waals surface area (Å²) in [6.45, 7) is 4.20. The van der Waals surface area contributed by atoms with E-state index in [1.54, 1.807) is 17.5 Å². The lowest BCUT2D eigenvalue weighted by Crippen LogP contribution is -2.03. The number of imidazole rings is 1. The Balaban J connectivity index is 2.26. The minimum Gasteiger partial charge on any atom is -0.287 e. The van der Waals surface area contributed by atoms with Gasteiger partial charge in [-0.05, 0) is 31.0 Å². The van der Waals surface area contributed by atoms with Crippen molar-refractivity contribution < 1.29 is 0 Å². The van der Waals surface area contributed by atoms with Crippen LogP contribution >= 0.6 is 22.9 Å². The van der Waals surface area contributed by atoms with Gasteiger partial charge in [-0.3, -0.25) is 4.57 Å². The normalized spacial score (nSPS) is 11.3. The molecule has 0 aliphatic rings. The molecule has 0 saturated carbocycles. The van der Waals surface area contributed by atoms with E-state index in [1.807, 2.05) is 10.8 Å². The minimum atomic E-state index is 0.278. The molecule has 3 aromatic rings. The molecule has 0 aliphatic heterocycles. The summed E-state index contributed by atoms with van der Waals surface area (Å²) in [6.07, 6.45) is 5.68. The average Bonchev–Trinajstić information content (AvgIpc) is 2.94. The van der Waals surface area contributed by atoms with Gasteiger partial charge in [-0.15, -0.1) is 11.3 Å². The molecule has 0 spiro atoms. The fraction of sp³-hybridized carbons (Fsp3) is 0.308. The number of hydrogen-bond donors (Lipinski definition) is 0. The van der Waals surface area contributed by atoms with Crippen LogP contribution in [-0.2, 0) is 6.42 Å². The van der Waals surface area contributed by atoms with E-state index in [9.17, 15) is 0 Å². The molecule has 0 aromatic carbocycles. The molecule has 0 radical (unpaired) electrons. The van der Waals surface area contributed by atoms with Crippen LogP contribution in [0.5, 0.6) is 0 Å². The zero-order valence-corrected chi connectivity index (χ0v) is 12.3. The maximum absolute atomic E-state index is 6.03. The number of aryl methyl sites for hydroxylation is 2. The highest BCUT2D eigenvalue weighted by molar-refractivity contribution is 7.18. The van der Waals surface area contributed by atoms with E-state index in [2.05, 4.69) is 34.9 Å². The van der Waals surface area contributed by atoms with Crippen molar-refractivity contribution >= 4 is 33.2 Å². The lowest BCUT2D eigenvalue weighted by Gasteiger charge is -2.07. The maximum atomic E-state index is 6.03. The van der Waals surface area contributed by atoms with Gasteiger partial charge in [0.05, 0.1) is 5.39 Å². The van der Waals surface area contributed by atoms with Gasteiger partial charge in [0.25, 0.3) is 0 Å². The maximum Gasteiger partial charge on any atom is 0.225 e. The Morgan fingerprint density at radius 3 is 3.00 bits per heavy atom. The summed E-state index contributed by atoms with van der Waals surface area (Å²) in [5.74, 6) is 1.82. The predicted octanol–water partition coefficient (Wildman–Crippen LogP) is 3.79. The molecule has 0 saturated heterocycles. The third kappa shape index (κ3) is 2.24. The van der Waals surface area contributed by atoms with Crippen molar-refractivity contribution in [2.24, 2.45) is 0 Å². The zero-order valence-electron chi connectivity index (χ0n) is 10.7. The molecule has 0 unspecified atom stereocenters. The molecule has 19 heavy (non-hydrogen) atoms. The molecule has 0 aliphatic carbocycles. The van der Waals surface area contributed by atoms with E-state index in [1.165, 1.54) is 4.88 Å². The van der Waals surface area contributed by atoms with Gasteiger partial charge in [-0.25, -0.2) is 9.97 Å². The van der Waals surface area contributed by atoms with Crippen molar-refractivity contribution in [3.63, 3.8) is 0 Å². The molecule has 0 atom stereocenters. The smallest absolute Gasteiger partial charge is 0.225 e. The van der Waals surface area contributed by atoms with Gasteiger partial charge in [-0.1, -0.05) is 6.92 Å². The number of fused-ring (bicyclic) bond motifs is 1. The van der Waals surface area contributed by atoms with E-state index in [-0.39, 0.29) is 5.28 Å². The van der Waals surface area contributed by atoms with Gasteiger partial charge >= 0.3 is 0 Å². The molecule has 3 aromatic heterocycles. The number of halogens is 1. The first-order valence-electron chi connectivity index (χ1n) is 6.15. The van der Waals surface area contributed by atoms with Crippen molar-refractivity contribution in [1.29, 1.82) is 0 Å². The first-order valence-corrected chi connectivity index (χ1v) is 7.34. The second kappa shape index (κ2) is 4.90. The van der Waals surface area contributed by atoms with E-state index in [0.717, 1.165) is 34.7 Å². The summed E-state index contributed by atoms with van der Waals surface area (Å²) in [5, 5.41) is 1.31. The largest absolute Gasteiger partial charge is 0.287 e. The third-order valence-electron chi connectivity index (χ3n) is 2.89. The van der Waals surface area contributed by atoms with Crippen molar-refractivity contribution in [2.75, 3.05) is 0 Å². The van der Waals surface area contributed by atoms with Crippen LogP contribution in [0.4, 0.5) is 0 Å². The monoisotopic (exact) mass is 292 g/mol. The number of hydrogen-bond acceptors (Lipinski definition) is 4. The van der Waals surface area contributed by atoms with Crippen molar-refractivity contribution in [2.45, 2.75) is 26.7 Å². The minimum absolute atomic E-state index is 0.278. The van der Waals surface area contributed by atoms with Gasteiger partial charge in [0.15, 0.2) is 5.82 Å². The zero-order chi connectivity index (χ0) is 13.4. The van der Waals surface area contributed by atoms with Crippen LogP contribution in [0.1, 0.15) is 24.0 Å². The molecule has 98 valence electrons. The van der Waals surface area contributed by atoms with Gasteiger partial charge in [0.2, 0.25) is 5.28 Å². The quantitative estimate of drug-likeness (QED) is 0.690. The highest BCUT2D eigenvalue weighted by atomic mass is 35.5. The van der Waals surface area contributed by atoms with Gasteiger partial charge in [0.1, 0.15) is 10.7 Å². The fourth-order valence-electron chi connectivity index (χ4n) is 2.12. The summed E-state index contributed by atoms with van der Waals surface area (Å²) >= 11 is 7.66. The van der Waals surface area contributed by atoms with E-state index >= 15 is 0 Å². The molecular formula is C13H13ClN4S. The van der Waals surface area contributed by atoms with Crippen LogP contribution in [0.25, 0.3) is 16.0 Å². The highest BCUT2D eigenvalue weighted by Crippen LogP contribution is 2.29. The SMILES string of the molecule is CCCc1nccn1-c1nc(Cl)nc2sc(C)cc12. The molecule has 6 heteroatoms. The van der Waals surface area contributed by atoms with Gasteiger partial charge < -0.3 is 0 Å².